The lowest BCUT2D eigenvalue weighted by Crippen LogP contribution is -2.50. The molecule has 0 spiro atoms. The fourth-order valence-electron chi connectivity index (χ4n) is 4.78. The number of amides is 1. The highest BCUT2D eigenvalue weighted by molar-refractivity contribution is 5.96. The van der Waals surface area contributed by atoms with Gasteiger partial charge in [-0.25, -0.2) is 9.97 Å². The summed E-state index contributed by atoms with van der Waals surface area (Å²) in [5, 5.41) is 6.29. The van der Waals surface area contributed by atoms with E-state index in [1.807, 2.05) is 69.4 Å². The molecule has 0 aliphatic carbocycles. The van der Waals surface area contributed by atoms with Crippen LogP contribution in [0.15, 0.2) is 60.9 Å². The molecule has 1 fully saturated rings. The third-order valence-electron chi connectivity index (χ3n) is 6.78. The van der Waals surface area contributed by atoms with Crippen LogP contribution in [-0.4, -0.2) is 58.4 Å². The number of nitrogens with one attached hydrogen (secondary N) is 2. The van der Waals surface area contributed by atoms with Crippen LogP contribution in [0.5, 0.6) is 0 Å². The van der Waals surface area contributed by atoms with Gasteiger partial charge in [0.1, 0.15) is 0 Å². The Morgan fingerprint density at radius 3 is 2.38 bits per heavy atom. The van der Waals surface area contributed by atoms with Gasteiger partial charge in [-0.1, -0.05) is 36.5 Å². The van der Waals surface area contributed by atoms with Crippen molar-refractivity contribution in [2.75, 3.05) is 37.0 Å². The maximum absolute atomic E-state index is 13.2. The number of nitrogens with two attached hydrogens (primary N) is 1. The first kappa shape index (κ1) is 27.9. The van der Waals surface area contributed by atoms with Crippen LogP contribution in [0, 0.1) is 0 Å². The molecule has 0 saturated carbocycles. The molecule has 1 saturated heterocycles. The number of hydrogen-bond donors (Lipinski definition) is 3. The van der Waals surface area contributed by atoms with Gasteiger partial charge < -0.3 is 21.3 Å². The number of rotatable bonds is 6. The lowest BCUT2D eigenvalue weighted by molar-refractivity contribution is 0.0460. The molecular weight excluding hydrogens is 462 g/mol. The summed E-state index contributed by atoms with van der Waals surface area (Å²) in [6.45, 7) is 15.9. The number of nitrogens with zero attached hydrogens (tertiary/aromatic N) is 4. The topological polar surface area (TPSA) is 99.4 Å². The Morgan fingerprint density at radius 1 is 1.11 bits per heavy atom. The number of carbonyl (C=O) groups is 1. The second-order valence-electron chi connectivity index (χ2n) is 9.92. The minimum absolute atomic E-state index is 0.0958. The van der Waals surface area contributed by atoms with E-state index in [0.717, 1.165) is 71.8 Å². The van der Waals surface area contributed by atoms with Crippen LogP contribution in [0.1, 0.15) is 55.2 Å². The predicted molar refractivity (Wildman–Crippen MR) is 154 cm³/mol. The summed E-state index contributed by atoms with van der Waals surface area (Å²) in [6.07, 6.45) is 7.65. The monoisotopic (exact) mass is 503 g/mol. The van der Waals surface area contributed by atoms with Crippen molar-refractivity contribution in [2.24, 2.45) is 0 Å². The molecule has 2 aliphatic rings. The number of allylic oxidation sites excluding steroid dienone is 4. The van der Waals surface area contributed by atoms with Crippen LogP contribution in [-0.2, 0) is 13.1 Å². The van der Waals surface area contributed by atoms with Crippen molar-refractivity contribution in [1.29, 1.82) is 0 Å². The van der Waals surface area contributed by atoms with Crippen molar-refractivity contribution < 1.29 is 4.79 Å². The molecule has 4 rings (SSSR count). The van der Waals surface area contributed by atoms with E-state index >= 15 is 0 Å². The number of piperidine rings is 1. The van der Waals surface area contributed by atoms with Gasteiger partial charge in [0.05, 0.1) is 17.1 Å². The predicted octanol–water partition coefficient (Wildman–Crippen LogP) is 4.85. The molecule has 2 aromatic rings. The van der Waals surface area contributed by atoms with Gasteiger partial charge in [0.15, 0.2) is 0 Å². The van der Waals surface area contributed by atoms with Gasteiger partial charge in [-0.3, -0.25) is 9.69 Å². The standard InChI is InChI=1S/C21H29N7O.C8H12/c1-13-8-16(27-11-15-10-25-21(22)26-19(15)12-27)6-7-28(13)20(29)14-4-5-17(23-2)18(9-14)24-3;1-7(2)5-6-8(3)4/h4-5,9-10,13,16,23-24H,6-8,11-12H2,1-3H3,(H2,22,25,26);5-6H,1,3H2,2,4H3/b;6-5-/t13-,16-;/m1./s1. The first-order chi connectivity index (χ1) is 17.6. The Bertz CT molecular complexity index is 1160. The minimum atomic E-state index is 0.0958. The molecule has 8 nitrogen and oxygen atoms in total. The summed E-state index contributed by atoms with van der Waals surface area (Å²) in [5.41, 5.74) is 12.7. The van der Waals surface area contributed by atoms with Crippen molar-refractivity contribution in [3.05, 3.63) is 77.7 Å². The highest BCUT2D eigenvalue weighted by atomic mass is 16.2. The van der Waals surface area contributed by atoms with Crippen LogP contribution in [0.3, 0.4) is 0 Å². The zero-order chi connectivity index (χ0) is 27.1. The van der Waals surface area contributed by atoms with Gasteiger partial charge in [-0.05, 0) is 51.8 Å². The summed E-state index contributed by atoms with van der Waals surface area (Å²) in [5.74, 6) is 0.433. The lowest BCUT2D eigenvalue weighted by atomic mass is 9.96. The SMILES string of the molecule is C=C(C)/C=C\C(=C)C.CNc1ccc(C(=O)N2CC[C@@H](N3Cc4cnc(N)nc4C3)C[C@H]2C)cc1NC. The van der Waals surface area contributed by atoms with Crippen molar-refractivity contribution in [1.82, 2.24) is 19.8 Å². The van der Waals surface area contributed by atoms with E-state index in [0.29, 0.717) is 12.0 Å². The van der Waals surface area contributed by atoms with Crippen LogP contribution in [0.25, 0.3) is 0 Å². The summed E-state index contributed by atoms with van der Waals surface area (Å²) in [6, 6.07) is 6.39. The second kappa shape index (κ2) is 12.5. The molecule has 1 aromatic carbocycles. The number of anilines is 3. The Labute approximate surface area is 221 Å². The number of carbonyl (C=O) groups excluding carboxylic acids is 1. The zero-order valence-corrected chi connectivity index (χ0v) is 22.8. The number of likely N-dealkylation sites (tertiary alicyclic amines) is 1. The zero-order valence-electron chi connectivity index (χ0n) is 22.8. The lowest BCUT2D eigenvalue weighted by Gasteiger charge is -2.41. The fourth-order valence-corrected chi connectivity index (χ4v) is 4.78. The van der Waals surface area contributed by atoms with E-state index in [2.05, 4.69) is 45.6 Å². The summed E-state index contributed by atoms with van der Waals surface area (Å²) in [7, 11) is 3.74. The third kappa shape index (κ3) is 7.20. The molecule has 37 heavy (non-hydrogen) atoms. The molecule has 1 amide bonds. The first-order valence-corrected chi connectivity index (χ1v) is 12.8. The Balaban J connectivity index is 0.000000414. The molecule has 3 heterocycles. The molecule has 8 heteroatoms. The average Bonchev–Trinajstić information content (AvgIpc) is 3.30. The van der Waals surface area contributed by atoms with Crippen molar-refractivity contribution in [3.8, 4) is 0 Å². The number of benzene rings is 1. The van der Waals surface area contributed by atoms with E-state index < -0.39 is 0 Å². The summed E-state index contributed by atoms with van der Waals surface area (Å²) >= 11 is 0. The van der Waals surface area contributed by atoms with Gasteiger partial charge in [-0.2, -0.15) is 0 Å². The maximum atomic E-state index is 13.2. The van der Waals surface area contributed by atoms with E-state index in [1.165, 1.54) is 0 Å². The van der Waals surface area contributed by atoms with E-state index in [-0.39, 0.29) is 11.9 Å². The van der Waals surface area contributed by atoms with E-state index in [4.69, 9.17) is 5.73 Å². The van der Waals surface area contributed by atoms with Crippen molar-refractivity contribution >= 4 is 23.2 Å². The molecule has 0 bridgehead atoms. The van der Waals surface area contributed by atoms with Crippen LogP contribution in [0.2, 0.25) is 0 Å². The van der Waals surface area contributed by atoms with Gasteiger partial charge >= 0.3 is 0 Å². The molecule has 2 atom stereocenters. The number of nitrogen functional groups attached to an aromatic ring is 1. The summed E-state index contributed by atoms with van der Waals surface area (Å²) < 4.78 is 0. The number of aromatic nitrogens is 2. The summed E-state index contributed by atoms with van der Waals surface area (Å²) in [4.78, 5) is 26.1. The third-order valence-corrected chi connectivity index (χ3v) is 6.78. The fraction of sp³-hybridized carbons (Fsp3) is 0.414. The van der Waals surface area contributed by atoms with E-state index in [9.17, 15) is 4.79 Å². The van der Waals surface area contributed by atoms with Gasteiger partial charge in [0.2, 0.25) is 5.95 Å². The minimum Gasteiger partial charge on any atom is -0.386 e. The van der Waals surface area contributed by atoms with Gasteiger partial charge in [0, 0.05) is 63.1 Å². The van der Waals surface area contributed by atoms with Crippen molar-refractivity contribution in [3.63, 3.8) is 0 Å². The molecule has 1 aromatic heterocycles. The molecule has 0 unspecified atom stereocenters. The Morgan fingerprint density at radius 2 is 1.78 bits per heavy atom. The highest BCUT2D eigenvalue weighted by Gasteiger charge is 2.35. The van der Waals surface area contributed by atoms with Crippen molar-refractivity contribution in [2.45, 2.75) is 58.8 Å². The normalized spacial score (nSPS) is 19.1. The molecule has 0 radical (unpaired) electrons. The maximum Gasteiger partial charge on any atom is 0.254 e. The quantitative estimate of drug-likeness (QED) is 0.485. The molecule has 198 valence electrons. The Hall–Kier alpha value is -3.65. The highest BCUT2D eigenvalue weighted by Crippen LogP contribution is 2.31. The number of hydrogen-bond acceptors (Lipinski definition) is 7. The Kier molecular flexibility index (Phi) is 9.47. The van der Waals surface area contributed by atoms with Crippen LogP contribution >= 0.6 is 0 Å². The van der Waals surface area contributed by atoms with Gasteiger partial charge in [-0.15, -0.1) is 0 Å². The molecule has 2 aliphatic heterocycles. The molecular formula is C29H41N7O. The smallest absolute Gasteiger partial charge is 0.254 e. The first-order valence-electron chi connectivity index (χ1n) is 12.8. The second-order valence-corrected chi connectivity index (χ2v) is 9.92. The van der Waals surface area contributed by atoms with Crippen LogP contribution in [0.4, 0.5) is 17.3 Å². The van der Waals surface area contributed by atoms with Crippen LogP contribution < -0.4 is 16.4 Å². The largest absolute Gasteiger partial charge is 0.386 e. The molecule has 4 N–H and O–H groups in total. The van der Waals surface area contributed by atoms with E-state index in [1.54, 1.807) is 0 Å². The van der Waals surface area contributed by atoms with Gasteiger partial charge in [0.25, 0.3) is 5.91 Å². The number of fused-ring (bicyclic) bond motifs is 1. The average molecular weight is 504 g/mol.